The van der Waals surface area contributed by atoms with Crippen LogP contribution in [0.5, 0.6) is 5.88 Å². The van der Waals surface area contributed by atoms with Gasteiger partial charge in [0.05, 0.1) is 13.7 Å². The lowest BCUT2D eigenvalue weighted by molar-refractivity contribution is 0.0951. The first kappa shape index (κ1) is 11.6. The number of nitrogens with zero attached hydrogens (tertiary/aromatic N) is 1. The number of pyridine rings is 1. The van der Waals surface area contributed by atoms with E-state index in [-0.39, 0.29) is 5.91 Å². The molecule has 2 rings (SSSR count). The first-order chi connectivity index (χ1) is 8.29. The number of ether oxygens (including phenoxy) is 1. The minimum Gasteiger partial charge on any atom is -0.481 e. The van der Waals surface area contributed by atoms with Crippen molar-refractivity contribution in [1.82, 2.24) is 10.3 Å². The summed E-state index contributed by atoms with van der Waals surface area (Å²) in [6.45, 7) is 0.543. The van der Waals surface area contributed by atoms with Crippen molar-refractivity contribution in [2.45, 2.75) is 6.54 Å². The van der Waals surface area contributed by atoms with Gasteiger partial charge < -0.3 is 10.1 Å². The molecular formula is C12H12N2O2S. The third-order valence-corrected chi connectivity index (χ3v) is 3.09. The topological polar surface area (TPSA) is 51.2 Å². The molecule has 2 heterocycles. The largest absolute Gasteiger partial charge is 0.481 e. The number of carbonyl (C=O) groups is 1. The van der Waals surface area contributed by atoms with Crippen LogP contribution in [-0.4, -0.2) is 18.0 Å². The summed E-state index contributed by atoms with van der Waals surface area (Å²) < 4.78 is 4.97. The van der Waals surface area contributed by atoms with Crippen molar-refractivity contribution in [2.75, 3.05) is 7.11 Å². The van der Waals surface area contributed by atoms with Gasteiger partial charge in [-0.05, 0) is 17.5 Å². The minimum absolute atomic E-state index is 0.126. The van der Waals surface area contributed by atoms with E-state index in [1.807, 2.05) is 17.5 Å². The molecule has 0 atom stereocenters. The SMILES string of the molecule is COc1cc(C(=O)NCc2cccs2)ccn1. The van der Waals surface area contributed by atoms with Crippen LogP contribution < -0.4 is 10.1 Å². The van der Waals surface area contributed by atoms with Gasteiger partial charge in [0, 0.05) is 22.7 Å². The van der Waals surface area contributed by atoms with E-state index in [9.17, 15) is 4.79 Å². The number of amides is 1. The van der Waals surface area contributed by atoms with Crippen LogP contribution >= 0.6 is 11.3 Å². The highest BCUT2D eigenvalue weighted by molar-refractivity contribution is 7.09. The lowest BCUT2D eigenvalue weighted by Crippen LogP contribution is -2.22. The predicted molar refractivity (Wildman–Crippen MR) is 66.3 cm³/mol. The molecule has 17 heavy (non-hydrogen) atoms. The van der Waals surface area contributed by atoms with Gasteiger partial charge in [-0.2, -0.15) is 0 Å². The fourth-order valence-corrected chi connectivity index (χ4v) is 1.99. The standard InChI is InChI=1S/C12H12N2O2S/c1-16-11-7-9(4-5-13-11)12(15)14-8-10-3-2-6-17-10/h2-7H,8H2,1H3,(H,14,15). The second-order valence-corrected chi connectivity index (χ2v) is 4.38. The second kappa shape index (κ2) is 5.45. The first-order valence-corrected chi connectivity index (χ1v) is 5.98. The zero-order valence-corrected chi connectivity index (χ0v) is 10.2. The number of methoxy groups -OCH3 is 1. The molecule has 0 aliphatic rings. The number of thiophene rings is 1. The van der Waals surface area contributed by atoms with Crippen molar-refractivity contribution in [1.29, 1.82) is 0 Å². The number of hydrogen-bond donors (Lipinski definition) is 1. The van der Waals surface area contributed by atoms with Crippen LogP contribution in [0.1, 0.15) is 15.2 Å². The molecule has 0 aliphatic carbocycles. The van der Waals surface area contributed by atoms with Gasteiger partial charge in [-0.1, -0.05) is 6.07 Å². The summed E-state index contributed by atoms with van der Waals surface area (Å²) >= 11 is 1.62. The van der Waals surface area contributed by atoms with E-state index >= 15 is 0 Å². The molecule has 88 valence electrons. The molecule has 5 heteroatoms. The van der Waals surface area contributed by atoms with Crippen LogP contribution in [0.2, 0.25) is 0 Å². The van der Waals surface area contributed by atoms with Gasteiger partial charge in [0.15, 0.2) is 0 Å². The molecule has 0 saturated heterocycles. The Morgan fingerprint density at radius 3 is 3.12 bits per heavy atom. The highest BCUT2D eigenvalue weighted by atomic mass is 32.1. The van der Waals surface area contributed by atoms with Crippen molar-refractivity contribution in [3.8, 4) is 5.88 Å². The van der Waals surface area contributed by atoms with Crippen LogP contribution in [0, 0.1) is 0 Å². The van der Waals surface area contributed by atoms with Crippen molar-refractivity contribution < 1.29 is 9.53 Å². The van der Waals surface area contributed by atoms with E-state index in [1.54, 1.807) is 29.7 Å². The maximum absolute atomic E-state index is 11.8. The van der Waals surface area contributed by atoms with Gasteiger partial charge in [-0.25, -0.2) is 4.98 Å². The summed E-state index contributed by atoms with van der Waals surface area (Å²) in [7, 11) is 1.52. The summed E-state index contributed by atoms with van der Waals surface area (Å²) in [6, 6.07) is 7.22. The summed E-state index contributed by atoms with van der Waals surface area (Å²) in [5, 5.41) is 4.82. The van der Waals surface area contributed by atoms with Gasteiger partial charge in [0.25, 0.3) is 5.91 Å². The Bertz CT molecular complexity index is 497. The molecule has 1 N–H and O–H groups in total. The Balaban J connectivity index is 1.99. The normalized spacial score (nSPS) is 9.94. The number of rotatable bonds is 4. The number of nitrogens with one attached hydrogen (secondary N) is 1. The summed E-state index contributed by atoms with van der Waals surface area (Å²) in [6.07, 6.45) is 1.55. The van der Waals surface area contributed by atoms with E-state index < -0.39 is 0 Å². The number of aromatic nitrogens is 1. The zero-order valence-electron chi connectivity index (χ0n) is 9.34. The molecule has 0 aromatic carbocycles. The predicted octanol–water partition coefficient (Wildman–Crippen LogP) is 2.08. The van der Waals surface area contributed by atoms with Gasteiger partial charge in [-0.15, -0.1) is 11.3 Å². The van der Waals surface area contributed by atoms with Crippen LogP contribution in [0.4, 0.5) is 0 Å². The molecule has 2 aromatic heterocycles. The third-order valence-electron chi connectivity index (χ3n) is 2.21. The minimum atomic E-state index is -0.126. The Kier molecular flexibility index (Phi) is 3.72. The smallest absolute Gasteiger partial charge is 0.251 e. The third kappa shape index (κ3) is 3.04. The molecule has 0 spiro atoms. The number of carbonyl (C=O) groups excluding carboxylic acids is 1. The van der Waals surface area contributed by atoms with E-state index in [0.717, 1.165) is 4.88 Å². The van der Waals surface area contributed by atoms with Gasteiger partial charge in [0.1, 0.15) is 0 Å². The van der Waals surface area contributed by atoms with Gasteiger partial charge in [-0.3, -0.25) is 4.79 Å². The average Bonchev–Trinajstić information content (AvgIpc) is 2.89. The maximum atomic E-state index is 11.8. The second-order valence-electron chi connectivity index (χ2n) is 3.35. The van der Waals surface area contributed by atoms with E-state index in [2.05, 4.69) is 10.3 Å². The monoisotopic (exact) mass is 248 g/mol. The molecule has 4 nitrogen and oxygen atoms in total. The lowest BCUT2D eigenvalue weighted by Gasteiger charge is -2.04. The molecule has 1 amide bonds. The summed E-state index contributed by atoms with van der Waals surface area (Å²) in [5.74, 6) is 0.313. The van der Waals surface area contributed by atoms with Crippen molar-refractivity contribution in [3.63, 3.8) is 0 Å². The zero-order chi connectivity index (χ0) is 12.1. The fraction of sp³-hybridized carbons (Fsp3) is 0.167. The summed E-state index contributed by atoms with van der Waals surface area (Å²) in [4.78, 5) is 16.9. The van der Waals surface area contributed by atoms with Crippen molar-refractivity contribution in [3.05, 3.63) is 46.3 Å². The van der Waals surface area contributed by atoms with Crippen LogP contribution in [0.3, 0.4) is 0 Å². The Morgan fingerprint density at radius 2 is 2.41 bits per heavy atom. The quantitative estimate of drug-likeness (QED) is 0.901. The fourth-order valence-electron chi connectivity index (χ4n) is 1.34. The van der Waals surface area contributed by atoms with Gasteiger partial charge >= 0.3 is 0 Å². The molecule has 0 radical (unpaired) electrons. The van der Waals surface area contributed by atoms with Crippen LogP contribution in [-0.2, 0) is 6.54 Å². The van der Waals surface area contributed by atoms with Crippen LogP contribution in [0.25, 0.3) is 0 Å². The van der Waals surface area contributed by atoms with E-state index in [1.165, 1.54) is 7.11 Å². The maximum Gasteiger partial charge on any atom is 0.251 e. The van der Waals surface area contributed by atoms with E-state index in [4.69, 9.17) is 4.74 Å². The molecule has 0 fully saturated rings. The molecule has 0 saturated carbocycles. The first-order valence-electron chi connectivity index (χ1n) is 5.10. The molecule has 0 aliphatic heterocycles. The van der Waals surface area contributed by atoms with Crippen LogP contribution in [0.15, 0.2) is 35.8 Å². The highest BCUT2D eigenvalue weighted by Gasteiger charge is 2.06. The summed E-state index contributed by atoms with van der Waals surface area (Å²) in [5.41, 5.74) is 0.549. The number of hydrogen-bond acceptors (Lipinski definition) is 4. The van der Waals surface area contributed by atoms with Gasteiger partial charge in [0.2, 0.25) is 5.88 Å². The highest BCUT2D eigenvalue weighted by Crippen LogP contribution is 2.10. The Morgan fingerprint density at radius 1 is 1.53 bits per heavy atom. The molecule has 0 bridgehead atoms. The Hall–Kier alpha value is -1.88. The molecular weight excluding hydrogens is 236 g/mol. The Labute approximate surface area is 103 Å². The lowest BCUT2D eigenvalue weighted by atomic mass is 10.2. The van der Waals surface area contributed by atoms with Crippen molar-refractivity contribution in [2.24, 2.45) is 0 Å². The molecule has 0 unspecified atom stereocenters. The average molecular weight is 248 g/mol. The molecule has 2 aromatic rings. The van der Waals surface area contributed by atoms with E-state index in [0.29, 0.717) is 18.0 Å². The van der Waals surface area contributed by atoms with Crippen molar-refractivity contribution >= 4 is 17.2 Å².